The molecule has 0 aliphatic heterocycles. The van der Waals surface area contributed by atoms with E-state index in [0.29, 0.717) is 25.7 Å². The van der Waals surface area contributed by atoms with Crippen LogP contribution in [0.2, 0.25) is 0 Å². The molecule has 162 valence electrons. The topological polar surface area (TPSA) is 80.4 Å². The van der Waals surface area contributed by atoms with Gasteiger partial charge in [-0.05, 0) is 60.7 Å². The van der Waals surface area contributed by atoms with Crippen LogP contribution in [0.5, 0.6) is 5.75 Å². The van der Waals surface area contributed by atoms with E-state index in [0.717, 1.165) is 46.3 Å². The largest absolute Gasteiger partial charge is 0.497 e. The molecule has 2 N–H and O–H groups in total. The van der Waals surface area contributed by atoms with E-state index in [4.69, 9.17) is 9.47 Å². The molecule has 31 heavy (non-hydrogen) atoms. The molecule has 3 aromatic rings. The van der Waals surface area contributed by atoms with Gasteiger partial charge in [-0.3, -0.25) is 4.79 Å². The lowest BCUT2D eigenvalue weighted by Gasteiger charge is -2.27. The number of carbonyl (C=O) groups excluding carboxylic acids is 2. The summed E-state index contributed by atoms with van der Waals surface area (Å²) in [5.41, 5.74) is 3.29. The van der Waals surface area contributed by atoms with Gasteiger partial charge in [-0.25, -0.2) is 4.79 Å². The molecule has 6 nitrogen and oxygen atoms in total. The van der Waals surface area contributed by atoms with Crippen molar-refractivity contribution in [1.82, 2.24) is 10.3 Å². The van der Waals surface area contributed by atoms with Gasteiger partial charge in [0.25, 0.3) is 0 Å². The summed E-state index contributed by atoms with van der Waals surface area (Å²) >= 11 is 0. The molecule has 0 radical (unpaired) electrons. The summed E-state index contributed by atoms with van der Waals surface area (Å²) in [7, 11) is 3.02. The van der Waals surface area contributed by atoms with Crippen LogP contribution in [0.3, 0.4) is 0 Å². The minimum absolute atomic E-state index is 0.127. The van der Waals surface area contributed by atoms with Crippen LogP contribution >= 0.6 is 0 Å². The van der Waals surface area contributed by atoms with Crippen LogP contribution < -0.4 is 10.1 Å². The van der Waals surface area contributed by atoms with Gasteiger partial charge >= 0.3 is 5.97 Å². The predicted octanol–water partition coefficient (Wildman–Crippen LogP) is 4.38. The van der Waals surface area contributed by atoms with Crippen molar-refractivity contribution in [3.8, 4) is 17.0 Å². The highest BCUT2D eigenvalue weighted by molar-refractivity contribution is 5.92. The van der Waals surface area contributed by atoms with Crippen LogP contribution in [0.1, 0.15) is 37.7 Å². The van der Waals surface area contributed by atoms with Crippen molar-refractivity contribution in [3.05, 3.63) is 54.1 Å². The number of hydrogen-bond acceptors (Lipinski definition) is 4. The van der Waals surface area contributed by atoms with Gasteiger partial charge in [0.1, 0.15) is 11.3 Å². The number of aryl methyl sites for hydroxylation is 1. The lowest BCUT2D eigenvalue weighted by Crippen LogP contribution is -2.53. The summed E-state index contributed by atoms with van der Waals surface area (Å²) in [6, 6.07) is 16.0. The number of benzene rings is 2. The van der Waals surface area contributed by atoms with E-state index in [-0.39, 0.29) is 11.9 Å². The van der Waals surface area contributed by atoms with Crippen molar-refractivity contribution in [2.75, 3.05) is 14.2 Å². The molecule has 1 aliphatic rings. The molecule has 0 unspecified atom stereocenters. The lowest BCUT2D eigenvalue weighted by molar-refractivity contribution is -0.150. The monoisotopic (exact) mass is 420 g/mol. The van der Waals surface area contributed by atoms with Crippen molar-refractivity contribution < 1.29 is 19.1 Å². The van der Waals surface area contributed by atoms with Gasteiger partial charge in [-0.15, -0.1) is 0 Å². The Morgan fingerprint density at radius 3 is 2.42 bits per heavy atom. The Hall–Kier alpha value is -3.28. The Bertz CT molecular complexity index is 1080. The second-order valence-corrected chi connectivity index (χ2v) is 8.08. The van der Waals surface area contributed by atoms with Gasteiger partial charge < -0.3 is 19.8 Å². The molecule has 1 fully saturated rings. The first-order chi connectivity index (χ1) is 15.1. The number of nitrogens with one attached hydrogen (secondary N) is 2. The maximum atomic E-state index is 12.8. The zero-order valence-corrected chi connectivity index (χ0v) is 18.0. The number of amides is 1. The first kappa shape index (κ1) is 21.0. The number of ether oxygens (including phenoxy) is 2. The Morgan fingerprint density at radius 1 is 1.03 bits per heavy atom. The number of aromatic nitrogens is 1. The average Bonchev–Trinajstić information content (AvgIpc) is 3.42. The fraction of sp³-hybridized carbons (Fsp3) is 0.360. The van der Waals surface area contributed by atoms with Crippen LogP contribution in [-0.2, 0) is 20.7 Å². The Labute approximate surface area is 181 Å². The fourth-order valence-corrected chi connectivity index (χ4v) is 4.59. The van der Waals surface area contributed by atoms with Gasteiger partial charge in [0, 0.05) is 23.0 Å². The molecule has 0 spiro atoms. The van der Waals surface area contributed by atoms with Crippen LogP contribution in [0.4, 0.5) is 0 Å². The number of para-hydroxylation sites is 1. The van der Waals surface area contributed by atoms with E-state index in [1.54, 1.807) is 7.11 Å². The van der Waals surface area contributed by atoms with Gasteiger partial charge in [0.05, 0.1) is 14.2 Å². The summed E-state index contributed by atoms with van der Waals surface area (Å²) in [5, 5.41) is 4.09. The van der Waals surface area contributed by atoms with E-state index in [1.165, 1.54) is 7.11 Å². The highest BCUT2D eigenvalue weighted by Crippen LogP contribution is 2.33. The molecule has 0 bridgehead atoms. The smallest absolute Gasteiger partial charge is 0.331 e. The predicted molar refractivity (Wildman–Crippen MR) is 120 cm³/mol. The highest BCUT2D eigenvalue weighted by atomic mass is 16.5. The Morgan fingerprint density at radius 2 is 1.74 bits per heavy atom. The number of carbonyl (C=O) groups is 2. The van der Waals surface area contributed by atoms with Crippen LogP contribution in [0, 0.1) is 0 Å². The molecule has 2 aromatic carbocycles. The van der Waals surface area contributed by atoms with Crippen molar-refractivity contribution in [1.29, 1.82) is 0 Å². The molecule has 0 atom stereocenters. The number of methoxy groups -OCH3 is 2. The van der Waals surface area contributed by atoms with Crippen LogP contribution in [0.25, 0.3) is 22.2 Å². The number of aromatic amines is 1. The summed E-state index contributed by atoms with van der Waals surface area (Å²) < 4.78 is 10.2. The zero-order chi connectivity index (χ0) is 21.8. The van der Waals surface area contributed by atoms with E-state index >= 15 is 0 Å². The maximum absolute atomic E-state index is 12.8. The number of fused-ring (bicyclic) bond motifs is 1. The quantitative estimate of drug-likeness (QED) is 0.556. The maximum Gasteiger partial charge on any atom is 0.331 e. The lowest BCUT2D eigenvalue weighted by atomic mass is 9.96. The second kappa shape index (κ2) is 8.84. The molecule has 1 amide bonds. The minimum atomic E-state index is -0.870. The van der Waals surface area contributed by atoms with Crippen molar-refractivity contribution in [2.45, 2.75) is 44.1 Å². The second-order valence-electron chi connectivity index (χ2n) is 8.08. The van der Waals surface area contributed by atoms with Crippen molar-refractivity contribution in [2.24, 2.45) is 0 Å². The molecule has 1 aliphatic carbocycles. The third kappa shape index (κ3) is 4.15. The Kier molecular flexibility index (Phi) is 5.98. The molecular formula is C25H28N2O4. The molecule has 1 aromatic heterocycles. The van der Waals surface area contributed by atoms with E-state index < -0.39 is 5.54 Å². The minimum Gasteiger partial charge on any atom is -0.497 e. The summed E-state index contributed by atoms with van der Waals surface area (Å²) in [4.78, 5) is 28.7. The first-order valence-corrected chi connectivity index (χ1v) is 10.7. The zero-order valence-electron chi connectivity index (χ0n) is 18.0. The molecule has 1 saturated carbocycles. The molecule has 1 heterocycles. The van der Waals surface area contributed by atoms with E-state index in [9.17, 15) is 9.59 Å². The third-order valence-electron chi connectivity index (χ3n) is 6.21. The number of H-pyrrole nitrogens is 1. The third-order valence-corrected chi connectivity index (χ3v) is 6.21. The SMILES string of the molecule is COC(=O)C1(NC(=O)CCc2c(-c3ccc(OC)cc3)[nH]c3ccccc23)CCCC1. The molecule has 6 heteroatoms. The number of rotatable bonds is 7. The van der Waals surface area contributed by atoms with Crippen molar-refractivity contribution in [3.63, 3.8) is 0 Å². The van der Waals surface area contributed by atoms with Gasteiger partial charge in [-0.1, -0.05) is 31.0 Å². The van der Waals surface area contributed by atoms with E-state index in [2.05, 4.69) is 16.4 Å². The highest BCUT2D eigenvalue weighted by Gasteiger charge is 2.43. The van der Waals surface area contributed by atoms with Gasteiger partial charge in [-0.2, -0.15) is 0 Å². The van der Waals surface area contributed by atoms with Crippen LogP contribution in [-0.4, -0.2) is 36.6 Å². The summed E-state index contributed by atoms with van der Waals surface area (Å²) in [5.74, 6) is 0.327. The van der Waals surface area contributed by atoms with E-state index in [1.807, 2.05) is 42.5 Å². The van der Waals surface area contributed by atoms with Crippen LogP contribution in [0.15, 0.2) is 48.5 Å². The summed E-state index contributed by atoms with van der Waals surface area (Å²) in [6.45, 7) is 0. The number of esters is 1. The molecule has 4 rings (SSSR count). The summed E-state index contributed by atoms with van der Waals surface area (Å²) in [6.07, 6.45) is 3.96. The first-order valence-electron chi connectivity index (χ1n) is 10.7. The van der Waals surface area contributed by atoms with Gasteiger partial charge in [0.15, 0.2) is 0 Å². The molecule has 0 saturated heterocycles. The Balaban J connectivity index is 1.57. The average molecular weight is 421 g/mol. The fourth-order valence-electron chi connectivity index (χ4n) is 4.59. The normalized spacial score (nSPS) is 15.0. The number of hydrogen-bond donors (Lipinski definition) is 2. The van der Waals surface area contributed by atoms with Crippen molar-refractivity contribution >= 4 is 22.8 Å². The standard InChI is InChI=1S/C25H28N2O4/c1-30-18-11-9-17(10-12-18)23-20(19-7-3-4-8-21(19)26-23)13-14-22(28)27-25(24(29)31-2)15-5-6-16-25/h3-4,7-12,26H,5-6,13-16H2,1-2H3,(H,27,28). The molecular weight excluding hydrogens is 392 g/mol. The van der Waals surface area contributed by atoms with Gasteiger partial charge in [0.2, 0.25) is 5.91 Å².